The first-order valence-electron chi connectivity index (χ1n) is 3.19. The summed E-state index contributed by atoms with van der Waals surface area (Å²) in [4.78, 5) is 1.41. The van der Waals surface area contributed by atoms with E-state index in [-0.39, 0.29) is 0 Å². The summed E-state index contributed by atoms with van der Waals surface area (Å²) < 4.78 is 0. The minimum absolute atomic E-state index is 0.698. The minimum atomic E-state index is 0.698. The molecule has 0 aromatic rings. The molecule has 1 rings (SSSR count). The predicted octanol–water partition coefficient (Wildman–Crippen LogP) is -1.35. The van der Waals surface area contributed by atoms with Crippen molar-refractivity contribution in [1.82, 2.24) is 5.32 Å². The Morgan fingerprint density at radius 1 is 1.75 bits per heavy atom. The second kappa shape index (κ2) is 2.46. The van der Waals surface area contributed by atoms with Gasteiger partial charge in [-0.15, -0.1) is 0 Å². The molecule has 2 nitrogen and oxygen atoms in total. The van der Waals surface area contributed by atoms with Gasteiger partial charge in [0, 0.05) is 13.1 Å². The Hall–Kier alpha value is -0.0800. The molecular weight excluding hydrogens is 100 g/mol. The molecule has 0 aromatic carbocycles. The van der Waals surface area contributed by atoms with Crippen molar-refractivity contribution in [2.45, 2.75) is 13.0 Å². The lowest BCUT2D eigenvalue weighted by Gasteiger charge is -2.32. The lowest BCUT2D eigenvalue weighted by molar-refractivity contribution is -0.880. The van der Waals surface area contributed by atoms with Gasteiger partial charge in [-0.3, -0.25) is 0 Å². The van der Waals surface area contributed by atoms with Crippen molar-refractivity contribution in [3.8, 4) is 0 Å². The third-order valence-corrected chi connectivity index (χ3v) is 1.77. The van der Waals surface area contributed by atoms with E-state index in [1.165, 1.54) is 11.4 Å². The Balaban J connectivity index is 2.28. The van der Waals surface area contributed by atoms with Crippen LogP contribution in [0.1, 0.15) is 6.92 Å². The fraction of sp³-hybridized carbons (Fsp3) is 0.833. The van der Waals surface area contributed by atoms with Gasteiger partial charge in [0.1, 0.15) is 0 Å². The van der Waals surface area contributed by atoms with Crippen molar-refractivity contribution in [3.63, 3.8) is 0 Å². The van der Waals surface area contributed by atoms with Crippen LogP contribution in [0.2, 0.25) is 0 Å². The molecule has 0 aromatic heterocycles. The quantitative estimate of drug-likeness (QED) is 0.372. The number of rotatable bonds is 0. The Morgan fingerprint density at radius 3 is 2.88 bits per heavy atom. The van der Waals surface area contributed by atoms with E-state index in [2.05, 4.69) is 19.3 Å². The van der Waals surface area contributed by atoms with Gasteiger partial charge in [-0.25, -0.2) is 0 Å². The van der Waals surface area contributed by atoms with E-state index in [4.69, 9.17) is 0 Å². The summed E-state index contributed by atoms with van der Waals surface area (Å²) in [5.74, 6) is 0. The van der Waals surface area contributed by atoms with Crippen LogP contribution < -0.4 is 10.2 Å². The molecule has 0 aliphatic carbocycles. The van der Waals surface area contributed by atoms with Crippen LogP contribution in [0.15, 0.2) is 0 Å². The number of piperazine rings is 1. The maximum Gasteiger partial charge on any atom is 0.0733 e. The third kappa shape index (κ3) is 1.20. The summed E-state index contributed by atoms with van der Waals surface area (Å²) in [5.41, 5.74) is 0. The smallest absolute Gasteiger partial charge is 0.0733 e. The molecular formula is C6H14N2. The van der Waals surface area contributed by atoms with Crippen LogP contribution in [0.3, 0.4) is 0 Å². The van der Waals surface area contributed by atoms with Gasteiger partial charge in [-0.05, 0) is 6.92 Å². The van der Waals surface area contributed by atoms with Crippen LogP contribution >= 0.6 is 0 Å². The van der Waals surface area contributed by atoms with Crippen molar-refractivity contribution in [3.05, 3.63) is 7.05 Å². The van der Waals surface area contributed by atoms with Crippen molar-refractivity contribution in [2.24, 2.45) is 0 Å². The van der Waals surface area contributed by atoms with Crippen molar-refractivity contribution in [2.75, 3.05) is 19.6 Å². The zero-order valence-corrected chi connectivity index (χ0v) is 5.41. The molecule has 1 unspecified atom stereocenters. The average molecular weight is 114 g/mol. The molecule has 1 heterocycles. The molecule has 0 bridgehead atoms. The Kier molecular flexibility index (Phi) is 1.86. The lowest BCUT2D eigenvalue weighted by Crippen LogP contribution is -3.13. The van der Waals surface area contributed by atoms with Crippen LogP contribution in [-0.2, 0) is 0 Å². The molecule has 0 saturated carbocycles. The van der Waals surface area contributed by atoms with E-state index in [0.29, 0.717) is 6.04 Å². The monoisotopic (exact) mass is 114 g/mol. The van der Waals surface area contributed by atoms with Crippen LogP contribution in [0.4, 0.5) is 0 Å². The fourth-order valence-electron chi connectivity index (χ4n) is 0.958. The van der Waals surface area contributed by atoms with E-state index in [1.807, 2.05) is 0 Å². The molecule has 0 radical (unpaired) electrons. The molecule has 1 aliphatic heterocycles. The second-order valence-electron chi connectivity index (χ2n) is 2.51. The molecule has 8 heavy (non-hydrogen) atoms. The topological polar surface area (TPSA) is 16.5 Å². The minimum Gasteiger partial charge on any atom is -0.464 e. The standard InChI is InChI=1S/C6H14N2/c1-6-5-7-3-4-8(6)2/h6-8H,2-5H2,1H3/t6-/m0/s1. The highest BCUT2D eigenvalue weighted by molar-refractivity contribution is 4.58. The number of hydrogen-bond donors (Lipinski definition) is 2. The molecule has 0 spiro atoms. The normalized spacial score (nSPS) is 39.8. The lowest BCUT2D eigenvalue weighted by atomic mass is 10.2. The van der Waals surface area contributed by atoms with Crippen molar-refractivity contribution < 1.29 is 4.90 Å². The predicted molar refractivity (Wildman–Crippen MR) is 33.5 cm³/mol. The van der Waals surface area contributed by atoms with Crippen molar-refractivity contribution in [1.29, 1.82) is 0 Å². The van der Waals surface area contributed by atoms with E-state index in [9.17, 15) is 0 Å². The summed E-state index contributed by atoms with van der Waals surface area (Å²) in [7, 11) is 3.96. The maximum atomic E-state index is 3.96. The van der Waals surface area contributed by atoms with Gasteiger partial charge in [-0.2, -0.15) is 7.05 Å². The van der Waals surface area contributed by atoms with Crippen LogP contribution in [0, 0.1) is 7.05 Å². The summed E-state index contributed by atoms with van der Waals surface area (Å²) in [6.45, 7) is 5.64. The highest BCUT2D eigenvalue weighted by atomic mass is 15.2. The zero-order valence-electron chi connectivity index (χ0n) is 5.41. The number of quaternary nitrogens is 1. The van der Waals surface area contributed by atoms with Gasteiger partial charge in [-0.1, -0.05) is 0 Å². The summed E-state index contributed by atoms with van der Waals surface area (Å²) in [6, 6.07) is 0.698. The second-order valence-corrected chi connectivity index (χ2v) is 2.51. The van der Waals surface area contributed by atoms with Crippen molar-refractivity contribution >= 4 is 0 Å². The summed E-state index contributed by atoms with van der Waals surface area (Å²) in [6.07, 6.45) is 0. The third-order valence-electron chi connectivity index (χ3n) is 1.77. The molecule has 48 valence electrons. The first-order valence-corrected chi connectivity index (χ1v) is 3.19. The molecule has 2 heteroatoms. The maximum absolute atomic E-state index is 3.96. The van der Waals surface area contributed by atoms with Gasteiger partial charge >= 0.3 is 0 Å². The first kappa shape index (κ1) is 6.05. The van der Waals surface area contributed by atoms with Gasteiger partial charge in [0.15, 0.2) is 0 Å². The highest BCUT2D eigenvalue weighted by Gasteiger charge is 2.11. The van der Waals surface area contributed by atoms with Gasteiger partial charge < -0.3 is 10.2 Å². The highest BCUT2D eigenvalue weighted by Crippen LogP contribution is 1.74. The summed E-state index contributed by atoms with van der Waals surface area (Å²) >= 11 is 0. The molecule has 1 fully saturated rings. The Bertz CT molecular complexity index is 62.9. The largest absolute Gasteiger partial charge is 0.464 e. The van der Waals surface area contributed by atoms with E-state index < -0.39 is 0 Å². The number of hydrogen-bond acceptors (Lipinski definition) is 1. The van der Waals surface area contributed by atoms with Crippen LogP contribution in [-0.4, -0.2) is 25.7 Å². The van der Waals surface area contributed by atoms with E-state index in [0.717, 1.165) is 13.1 Å². The van der Waals surface area contributed by atoms with Crippen LogP contribution in [0.5, 0.6) is 0 Å². The average Bonchev–Trinajstić information content (AvgIpc) is 1.77. The summed E-state index contributed by atoms with van der Waals surface area (Å²) in [5, 5.41) is 3.30. The Morgan fingerprint density at radius 2 is 2.50 bits per heavy atom. The molecule has 0 amide bonds. The first-order chi connectivity index (χ1) is 3.80. The van der Waals surface area contributed by atoms with E-state index in [1.54, 1.807) is 0 Å². The molecule has 1 saturated heterocycles. The molecule has 2 N–H and O–H groups in total. The SMILES string of the molecule is [CH2-][NH+]1CCNC[C@@H]1C. The Labute approximate surface area is 50.9 Å². The van der Waals surface area contributed by atoms with E-state index >= 15 is 0 Å². The van der Waals surface area contributed by atoms with Gasteiger partial charge in [0.25, 0.3) is 0 Å². The molecule has 2 atom stereocenters. The molecule has 1 aliphatic rings. The van der Waals surface area contributed by atoms with Gasteiger partial charge in [0.05, 0.1) is 12.6 Å². The van der Waals surface area contributed by atoms with Gasteiger partial charge in [0.2, 0.25) is 0 Å². The zero-order chi connectivity index (χ0) is 5.98. The van der Waals surface area contributed by atoms with Crippen LogP contribution in [0.25, 0.3) is 0 Å². The fourth-order valence-corrected chi connectivity index (χ4v) is 0.958. The number of nitrogens with one attached hydrogen (secondary N) is 2.